The van der Waals surface area contributed by atoms with E-state index in [-0.39, 0.29) is 5.91 Å². The molecule has 0 saturated heterocycles. The van der Waals surface area contributed by atoms with E-state index in [9.17, 15) is 4.79 Å². The van der Waals surface area contributed by atoms with Crippen molar-refractivity contribution in [2.24, 2.45) is 0 Å². The lowest BCUT2D eigenvalue weighted by molar-refractivity contribution is 0.0952. The lowest BCUT2D eigenvalue weighted by atomic mass is 10.2. The third-order valence-corrected chi connectivity index (χ3v) is 3.38. The van der Waals surface area contributed by atoms with E-state index >= 15 is 0 Å². The molecular weight excluding hydrogens is 302 g/mol. The number of carbonyl (C=O) groups excluding carboxylic acids is 1. The van der Waals surface area contributed by atoms with Crippen LogP contribution in [0.25, 0.3) is 0 Å². The van der Waals surface area contributed by atoms with E-state index in [2.05, 4.69) is 26.6 Å². The van der Waals surface area contributed by atoms with Crippen LogP contribution in [0.3, 0.4) is 0 Å². The number of pyridine rings is 1. The van der Waals surface area contributed by atoms with E-state index in [1.54, 1.807) is 42.6 Å². The molecule has 0 aliphatic heterocycles. The number of rotatable bonds is 7. The Morgan fingerprint density at radius 2 is 2.00 bits per heavy atom. The Hall–Kier alpha value is -2.91. The van der Waals surface area contributed by atoms with Gasteiger partial charge in [0.05, 0.1) is 11.6 Å². The molecule has 0 aliphatic carbocycles. The van der Waals surface area contributed by atoms with Gasteiger partial charge in [0.15, 0.2) is 0 Å². The highest BCUT2D eigenvalue weighted by Crippen LogP contribution is 2.16. The highest BCUT2D eigenvalue weighted by Gasteiger charge is 2.07. The van der Waals surface area contributed by atoms with Crippen molar-refractivity contribution in [1.82, 2.24) is 15.2 Å². The lowest BCUT2D eigenvalue weighted by Crippen LogP contribution is -2.27. The zero-order chi connectivity index (χ0) is 17.4. The quantitative estimate of drug-likeness (QED) is 0.765. The third kappa shape index (κ3) is 5.38. The average molecular weight is 323 g/mol. The number of aromatic nitrogens is 1. The Kier molecular flexibility index (Phi) is 6.29. The molecule has 0 spiro atoms. The SMILES string of the molecule is CN(C)CCCNC(=O)c1ccnc(Nc2ccc(C#N)cc2)c1. The maximum absolute atomic E-state index is 12.2. The summed E-state index contributed by atoms with van der Waals surface area (Å²) < 4.78 is 0. The van der Waals surface area contributed by atoms with E-state index < -0.39 is 0 Å². The summed E-state index contributed by atoms with van der Waals surface area (Å²) in [5, 5.41) is 14.8. The number of nitriles is 1. The number of nitrogens with one attached hydrogen (secondary N) is 2. The summed E-state index contributed by atoms with van der Waals surface area (Å²) in [5.41, 5.74) is 1.97. The lowest BCUT2D eigenvalue weighted by Gasteiger charge is -2.10. The first-order chi connectivity index (χ1) is 11.6. The van der Waals surface area contributed by atoms with Gasteiger partial charge in [0.2, 0.25) is 0 Å². The maximum atomic E-state index is 12.2. The van der Waals surface area contributed by atoms with E-state index in [0.29, 0.717) is 23.5 Å². The van der Waals surface area contributed by atoms with Crippen LogP contribution >= 0.6 is 0 Å². The Morgan fingerprint density at radius 3 is 2.67 bits per heavy atom. The fourth-order valence-electron chi connectivity index (χ4n) is 2.12. The number of amides is 1. The van der Waals surface area contributed by atoms with Crippen LogP contribution < -0.4 is 10.6 Å². The fraction of sp³-hybridized carbons (Fsp3) is 0.278. The molecule has 1 heterocycles. The van der Waals surface area contributed by atoms with E-state index in [0.717, 1.165) is 18.7 Å². The maximum Gasteiger partial charge on any atom is 0.251 e. The number of hydrogen-bond donors (Lipinski definition) is 2. The first-order valence-electron chi connectivity index (χ1n) is 7.74. The zero-order valence-corrected chi connectivity index (χ0v) is 13.9. The molecule has 0 bridgehead atoms. The second-order valence-corrected chi connectivity index (χ2v) is 5.66. The largest absolute Gasteiger partial charge is 0.352 e. The van der Waals surface area contributed by atoms with Gasteiger partial charge < -0.3 is 15.5 Å². The van der Waals surface area contributed by atoms with Crippen molar-refractivity contribution in [3.8, 4) is 6.07 Å². The van der Waals surface area contributed by atoms with Crippen molar-refractivity contribution >= 4 is 17.4 Å². The molecular formula is C18H21N5O. The van der Waals surface area contributed by atoms with Crippen LogP contribution in [-0.4, -0.2) is 43.0 Å². The fourth-order valence-corrected chi connectivity index (χ4v) is 2.12. The van der Waals surface area contributed by atoms with Crippen molar-refractivity contribution < 1.29 is 4.79 Å². The van der Waals surface area contributed by atoms with Crippen LogP contribution in [0.2, 0.25) is 0 Å². The van der Waals surface area contributed by atoms with Crippen LogP contribution in [-0.2, 0) is 0 Å². The van der Waals surface area contributed by atoms with Crippen molar-refractivity contribution in [2.45, 2.75) is 6.42 Å². The van der Waals surface area contributed by atoms with E-state index in [1.807, 2.05) is 14.1 Å². The molecule has 2 aromatic rings. The molecule has 0 saturated carbocycles. The summed E-state index contributed by atoms with van der Waals surface area (Å²) in [5.74, 6) is 0.472. The number of nitrogens with zero attached hydrogens (tertiary/aromatic N) is 3. The van der Waals surface area contributed by atoms with Crippen LogP contribution in [0.15, 0.2) is 42.6 Å². The summed E-state index contributed by atoms with van der Waals surface area (Å²) in [7, 11) is 4.01. The molecule has 2 rings (SSSR count). The highest BCUT2D eigenvalue weighted by atomic mass is 16.1. The number of carbonyl (C=O) groups is 1. The van der Waals surface area contributed by atoms with E-state index in [1.165, 1.54) is 0 Å². The van der Waals surface area contributed by atoms with Crippen molar-refractivity contribution in [3.05, 3.63) is 53.7 Å². The molecule has 1 amide bonds. The second-order valence-electron chi connectivity index (χ2n) is 5.66. The molecule has 2 N–H and O–H groups in total. The van der Waals surface area contributed by atoms with Crippen molar-refractivity contribution in [1.29, 1.82) is 5.26 Å². The number of anilines is 2. The Balaban J connectivity index is 1.95. The van der Waals surface area contributed by atoms with Gasteiger partial charge in [-0.3, -0.25) is 4.79 Å². The molecule has 24 heavy (non-hydrogen) atoms. The summed E-state index contributed by atoms with van der Waals surface area (Å²) in [6.45, 7) is 1.57. The van der Waals surface area contributed by atoms with Gasteiger partial charge in [0.1, 0.15) is 5.82 Å². The normalized spacial score (nSPS) is 10.2. The zero-order valence-electron chi connectivity index (χ0n) is 13.9. The summed E-state index contributed by atoms with van der Waals surface area (Å²) in [4.78, 5) is 18.5. The predicted molar refractivity (Wildman–Crippen MR) is 94.2 cm³/mol. The minimum Gasteiger partial charge on any atom is -0.352 e. The van der Waals surface area contributed by atoms with Gasteiger partial charge in [0.25, 0.3) is 5.91 Å². The molecule has 124 valence electrons. The van der Waals surface area contributed by atoms with Crippen LogP contribution in [0.5, 0.6) is 0 Å². The molecule has 6 heteroatoms. The smallest absolute Gasteiger partial charge is 0.251 e. The van der Waals surface area contributed by atoms with E-state index in [4.69, 9.17) is 5.26 Å². The average Bonchev–Trinajstić information content (AvgIpc) is 2.59. The summed E-state index contributed by atoms with van der Waals surface area (Å²) >= 11 is 0. The van der Waals surface area contributed by atoms with Crippen molar-refractivity contribution in [2.75, 3.05) is 32.5 Å². The van der Waals surface area contributed by atoms with Gasteiger partial charge in [-0.1, -0.05) is 0 Å². The van der Waals surface area contributed by atoms with Gasteiger partial charge in [-0.15, -0.1) is 0 Å². The van der Waals surface area contributed by atoms with Gasteiger partial charge in [-0.25, -0.2) is 4.98 Å². The number of benzene rings is 1. The summed E-state index contributed by atoms with van der Waals surface area (Å²) in [6.07, 6.45) is 2.50. The standard InChI is InChI=1S/C18H21N5O/c1-23(2)11-3-9-21-18(24)15-8-10-20-17(12-15)22-16-6-4-14(13-19)5-7-16/h4-8,10,12H,3,9,11H2,1-2H3,(H,20,22)(H,21,24). The molecule has 0 radical (unpaired) electrons. The monoisotopic (exact) mass is 323 g/mol. The van der Waals surface area contributed by atoms with Gasteiger partial charge in [-0.2, -0.15) is 5.26 Å². The minimum absolute atomic E-state index is 0.112. The summed E-state index contributed by atoms with van der Waals surface area (Å²) in [6, 6.07) is 12.5. The molecule has 1 aromatic carbocycles. The number of hydrogen-bond acceptors (Lipinski definition) is 5. The third-order valence-electron chi connectivity index (χ3n) is 3.38. The van der Waals surface area contributed by atoms with Gasteiger partial charge in [-0.05, 0) is 63.5 Å². The highest BCUT2D eigenvalue weighted by molar-refractivity contribution is 5.94. The first kappa shape index (κ1) is 17.4. The minimum atomic E-state index is -0.112. The predicted octanol–water partition coefficient (Wildman–Crippen LogP) is 2.38. The van der Waals surface area contributed by atoms with Crippen molar-refractivity contribution in [3.63, 3.8) is 0 Å². The van der Waals surface area contributed by atoms with Crippen LogP contribution in [0.4, 0.5) is 11.5 Å². The molecule has 0 atom stereocenters. The first-order valence-corrected chi connectivity index (χ1v) is 7.74. The van der Waals surface area contributed by atoms with Gasteiger partial charge >= 0.3 is 0 Å². The van der Waals surface area contributed by atoms with Gasteiger partial charge in [0, 0.05) is 24.0 Å². The second kappa shape index (κ2) is 8.65. The molecule has 6 nitrogen and oxygen atoms in total. The molecule has 0 aliphatic rings. The Labute approximate surface area is 142 Å². The molecule has 0 unspecified atom stereocenters. The van der Waals surface area contributed by atoms with Crippen LogP contribution in [0.1, 0.15) is 22.3 Å². The van der Waals surface area contributed by atoms with Crippen LogP contribution in [0, 0.1) is 11.3 Å². The molecule has 0 fully saturated rings. The Morgan fingerprint density at radius 1 is 1.25 bits per heavy atom. The topological polar surface area (TPSA) is 81.1 Å². The molecule has 1 aromatic heterocycles. The Bertz CT molecular complexity index is 719.